The fourth-order valence-electron chi connectivity index (χ4n) is 1.81. The molecule has 0 aliphatic carbocycles. The first kappa shape index (κ1) is 13.6. The third kappa shape index (κ3) is 2.49. The molecular weight excluding hydrogens is 306 g/mol. The van der Waals surface area contributed by atoms with Crippen LogP contribution in [0.25, 0.3) is 5.69 Å². The van der Waals surface area contributed by atoms with Crippen LogP contribution < -0.4 is 5.56 Å². The molecule has 0 aliphatic heterocycles. The highest BCUT2D eigenvalue weighted by atomic mass is 79.9. The number of nitrogens with zero attached hydrogens (tertiary/aromatic N) is 2. The highest BCUT2D eigenvalue weighted by Crippen LogP contribution is 2.26. The quantitative estimate of drug-likeness (QED) is 0.877. The van der Waals surface area contributed by atoms with Crippen molar-refractivity contribution in [2.45, 2.75) is 26.2 Å². The van der Waals surface area contributed by atoms with Gasteiger partial charge in [0.25, 0.3) is 5.56 Å². The van der Waals surface area contributed by atoms with Gasteiger partial charge in [0.05, 0.1) is 23.0 Å². The Bertz CT molecular complexity index is 714. The average molecular weight is 320 g/mol. The standard InChI is InChI=1S/C14H14BrN3O/c1-14(2,3)12-11(15)13(19)18(17-12)10-6-4-5-9(7-10)8-16/h4-7,17H,1-3H3. The number of H-pyrrole nitrogens is 1. The molecule has 19 heavy (non-hydrogen) atoms. The van der Waals surface area contributed by atoms with Crippen molar-refractivity contribution in [2.24, 2.45) is 0 Å². The first-order valence-electron chi connectivity index (χ1n) is 5.86. The Balaban J connectivity index is 2.65. The van der Waals surface area contributed by atoms with Crippen LogP contribution in [0.5, 0.6) is 0 Å². The third-order valence-corrected chi connectivity index (χ3v) is 3.55. The molecule has 0 saturated heterocycles. The Morgan fingerprint density at radius 2 is 2.05 bits per heavy atom. The van der Waals surface area contributed by atoms with Gasteiger partial charge in [-0.3, -0.25) is 9.89 Å². The second-order valence-corrected chi connectivity index (χ2v) is 6.15. The van der Waals surface area contributed by atoms with E-state index in [4.69, 9.17) is 5.26 Å². The number of halogens is 1. The third-order valence-electron chi connectivity index (χ3n) is 2.82. The summed E-state index contributed by atoms with van der Waals surface area (Å²) in [5, 5.41) is 12.0. The van der Waals surface area contributed by atoms with Crippen molar-refractivity contribution in [1.29, 1.82) is 5.26 Å². The van der Waals surface area contributed by atoms with Crippen LogP contribution in [0.3, 0.4) is 0 Å². The van der Waals surface area contributed by atoms with Gasteiger partial charge in [0.15, 0.2) is 0 Å². The summed E-state index contributed by atoms with van der Waals surface area (Å²) in [6.45, 7) is 6.08. The second kappa shape index (κ2) is 4.71. The summed E-state index contributed by atoms with van der Waals surface area (Å²) in [6, 6.07) is 9.00. The molecule has 1 aromatic carbocycles. The zero-order chi connectivity index (χ0) is 14.2. The maximum Gasteiger partial charge on any atom is 0.285 e. The van der Waals surface area contributed by atoms with Crippen molar-refractivity contribution in [2.75, 3.05) is 0 Å². The van der Waals surface area contributed by atoms with Gasteiger partial charge in [0.2, 0.25) is 0 Å². The van der Waals surface area contributed by atoms with Crippen LogP contribution in [0.2, 0.25) is 0 Å². The molecule has 98 valence electrons. The van der Waals surface area contributed by atoms with Gasteiger partial charge in [-0.1, -0.05) is 26.8 Å². The molecule has 0 atom stereocenters. The number of nitriles is 1. The highest BCUT2D eigenvalue weighted by molar-refractivity contribution is 9.10. The van der Waals surface area contributed by atoms with Crippen LogP contribution in [0.1, 0.15) is 32.0 Å². The number of benzene rings is 1. The van der Waals surface area contributed by atoms with E-state index in [-0.39, 0.29) is 11.0 Å². The van der Waals surface area contributed by atoms with E-state index < -0.39 is 0 Å². The van der Waals surface area contributed by atoms with E-state index in [9.17, 15) is 4.79 Å². The molecule has 1 aromatic heterocycles. The molecule has 0 saturated carbocycles. The van der Waals surface area contributed by atoms with E-state index >= 15 is 0 Å². The fourth-order valence-corrected chi connectivity index (χ4v) is 2.67. The topological polar surface area (TPSA) is 61.6 Å². The summed E-state index contributed by atoms with van der Waals surface area (Å²) in [4.78, 5) is 12.2. The van der Waals surface area contributed by atoms with Gasteiger partial charge >= 0.3 is 0 Å². The lowest BCUT2D eigenvalue weighted by molar-refractivity contribution is 0.557. The Kier molecular flexibility index (Phi) is 3.38. The molecule has 1 N–H and O–H groups in total. The van der Waals surface area contributed by atoms with Crippen molar-refractivity contribution in [3.8, 4) is 11.8 Å². The second-order valence-electron chi connectivity index (χ2n) is 5.35. The number of nitrogens with one attached hydrogen (secondary N) is 1. The van der Waals surface area contributed by atoms with Crippen molar-refractivity contribution >= 4 is 15.9 Å². The summed E-state index contributed by atoms with van der Waals surface area (Å²) in [5.41, 5.74) is 1.68. The van der Waals surface area contributed by atoms with Gasteiger partial charge in [-0.2, -0.15) is 5.26 Å². The predicted octanol–water partition coefficient (Wildman–Crippen LogP) is 3.10. The molecule has 5 heteroatoms. The van der Waals surface area contributed by atoms with Crippen molar-refractivity contribution in [1.82, 2.24) is 9.78 Å². The van der Waals surface area contributed by atoms with Gasteiger partial charge in [-0.15, -0.1) is 0 Å². The Morgan fingerprint density at radius 1 is 1.37 bits per heavy atom. The van der Waals surface area contributed by atoms with Gasteiger partial charge < -0.3 is 0 Å². The van der Waals surface area contributed by atoms with Crippen LogP contribution in [0.15, 0.2) is 33.5 Å². The molecule has 0 amide bonds. The van der Waals surface area contributed by atoms with Gasteiger partial charge in [0.1, 0.15) is 4.47 Å². The average Bonchev–Trinajstić information content (AvgIpc) is 2.66. The highest BCUT2D eigenvalue weighted by Gasteiger charge is 2.23. The fraction of sp³-hybridized carbons (Fsp3) is 0.286. The van der Waals surface area contributed by atoms with Crippen molar-refractivity contribution in [3.63, 3.8) is 0 Å². The van der Waals surface area contributed by atoms with E-state index in [1.54, 1.807) is 24.3 Å². The lowest BCUT2D eigenvalue weighted by Gasteiger charge is -2.16. The van der Waals surface area contributed by atoms with E-state index in [2.05, 4.69) is 27.1 Å². The lowest BCUT2D eigenvalue weighted by Crippen LogP contribution is -2.14. The van der Waals surface area contributed by atoms with Crippen LogP contribution in [-0.2, 0) is 5.41 Å². The van der Waals surface area contributed by atoms with E-state index in [1.807, 2.05) is 20.8 Å². The minimum absolute atomic E-state index is 0.153. The van der Waals surface area contributed by atoms with Crippen molar-refractivity contribution < 1.29 is 0 Å². The van der Waals surface area contributed by atoms with Crippen LogP contribution in [0, 0.1) is 11.3 Å². The minimum atomic E-state index is -0.171. The molecule has 0 unspecified atom stereocenters. The lowest BCUT2D eigenvalue weighted by atomic mass is 9.93. The monoisotopic (exact) mass is 319 g/mol. The Labute approximate surface area is 119 Å². The van der Waals surface area contributed by atoms with Crippen LogP contribution >= 0.6 is 15.9 Å². The number of hydrogen-bond donors (Lipinski definition) is 1. The molecule has 4 nitrogen and oxygen atoms in total. The van der Waals surface area contributed by atoms with Crippen LogP contribution in [-0.4, -0.2) is 9.78 Å². The molecule has 0 bridgehead atoms. The summed E-state index contributed by atoms with van der Waals surface area (Å²) in [7, 11) is 0. The van der Waals surface area contributed by atoms with E-state index in [0.29, 0.717) is 15.7 Å². The normalized spacial score (nSPS) is 11.3. The van der Waals surface area contributed by atoms with Gasteiger partial charge in [0, 0.05) is 5.41 Å². The molecule has 2 rings (SSSR count). The zero-order valence-corrected chi connectivity index (χ0v) is 12.6. The molecule has 1 heterocycles. The number of aromatic nitrogens is 2. The minimum Gasteiger partial charge on any atom is -0.293 e. The summed E-state index contributed by atoms with van der Waals surface area (Å²) < 4.78 is 1.98. The molecule has 0 fully saturated rings. The maximum absolute atomic E-state index is 12.2. The Hall–Kier alpha value is -1.80. The maximum atomic E-state index is 12.2. The summed E-state index contributed by atoms with van der Waals surface area (Å²) in [5.74, 6) is 0. The predicted molar refractivity (Wildman–Crippen MR) is 77.5 cm³/mol. The molecule has 0 aliphatic rings. The largest absolute Gasteiger partial charge is 0.293 e. The summed E-state index contributed by atoms with van der Waals surface area (Å²) in [6.07, 6.45) is 0. The number of rotatable bonds is 1. The number of aromatic amines is 1. The van der Waals surface area contributed by atoms with Gasteiger partial charge in [-0.25, -0.2) is 4.68 Å². The zero-order valence-electron chi connectivity index (χ0n) is 11.0. The first-order chi connectivity index (χ1) is 8.84. The number of hydrogen-bond acceptors (Lipinski definition) is 2. The molecule has 0 spiro atoms. The SMILES string of the molecule is CC(C)(C)c1[nH]n(-c2cccc(C#N)c2)c(=O)c1Br. The first-order valence-corrected chi connectivity index (χ1v) is 6.65. The van der Waals surface area contributed by atoms with Crippen LogP contribution in [0.4, 0.5) is 0 Å². The molecule has 2 aromatic rings. The smallest absolute Gasteiger partial charge is 0.285 e. The molecule has 0 radical (unpaired) electrons. The van der Waals surface area contributed by atoms with E-state index in [0.717, 1.165) is 5.69 Å². The van der Waals surface area contributed by atoms with Gasteiger partial charge in [-0.05, 0) is 34.1 Å². The Morgan fingerprint density at radius 3 is 2.58 bits per heavy atom. The molecular formula is C14H14BrN3O. The van der Waals surface area contributed by atoms with Crippen molar-refractivity contribution in [3.05, 3.63) is 50.3 Å². The van der Waals surface area contributed by atoms with E-state index in [1.165, 1.54) is 4.68 Å². The summed E-state index contributed by atoms with van der Waals surface area (Å²) >= 11 is 3.34.